The molecule has 0 bridgehead atoms. The Morgan fingerprint density at radius 1 is 0.734 bits per heavy atom. The number of hydrogen-bond acceptors (Lipinski definition) is 8. The number of aryl methyl sites for hydroxylation is 1. The second kappa shape index (κ2) is 23.2. The van der Waals surface area contributed by atoms with Gasteiger partial charge in [0.2, 0.25) is 5.95 Å². The number of piperidine rings is 2. The summed E-state index contributed by atoms with van der Waals surface area (Å²) in [7, 11) is 0. The summed E-state index contributed by atoms with van der Waals surface area (Å²) in [6.07, 6.45) is 13.1. The molecule has 4 fully saturated rings. The number of carbonyl (C=O) groups excluding carboxylic acids is 2. The number of anilines is 1. The lowest BCUT2D eigenvalue weighted by atomic mass is 9.78. The molecule has 3 aromatic heterocycles. The van der Waals surface area contributed by atoms with E-state index in [9.17, 15) is 22.8 Å². The number of aromatic nitrogens is 5. The number of nitrogens with one attached hydrogen (secondary N) is 1. The molecule has 1 N–H and O–H groups in total. The van der Waals surface area contributed by atoms with Crippen molar-refractivity contribution >= 4 is 39.9 Å². The van der Waals surface area contributed by atoms with E-state index >= 15 is 0 Å². The summed E-state index contributed by atoms with van der Waals surface area (Å²) in [4.78, 5) is 43.1. The third-order valence-electron chi connectivity index (χ3n) is 16.9. The van der Waals surface area contributed by atoms with Gasteiger partial charge in [-0.3, -0.25) is 19.3 Å². The molecule has 79 heavy (non-hydrogen) atoms. The monoisotopic (exact) mass is 1080 g/mol. The number of alkyl halides is 3. The van der Waals surface area contributed by atoms with Crippen LogP contribution in [0.5, 0.6) is 0 Å². The summed E-state index contributed by atoms with van der Waals surface area (Å²) in [5.41, 5.74) is 10.5. The van der Waals surface area contributed by atoms with E-state index in [1.807, 2.05) is 49.9 Å². The van der Waals surface area contributed by atoms with Crippen LogP contribution in [0.4, 0.5) is 23.9 Å². The van der Waals surface area contributed by atoms with Gasteiger partial charge in [0.15, 0.2) is 0 Å². The van der Waals surface area contributed by atoms with Crippen LogP contribution in [0.15, 0.2) is 104 Å². The number of hydrogen-bond donors (Lipinski definition) is 1. The van der Waals surface area contributed by atoms with Crippen molar-refractivity contribution in [1.82, 2.24) is 39.0 Å². The van der Waals surface area contributed by atoms with Crippen molar-refractivity contribution < 1.29 is 27.5 Å². The van der Waals surface area contributed by atoms with E-state index in [1.54, 1.807) is 11.1 Å². The Morgan fingerprint density at radius 3 is 2.09 bits per heavy atom. The number of likely N-dealkylation sites (tertiary alicyclic amines) is 2. The first-order chi connectivity index (χ1) is 38.0. The maximum atomic E-state index is 13.9. The molecular weight excluding hydrogens is 1000 g/mol. The molecule has 2 amide bonds. The maximum Gasteiger partial charge on any atom is 0.410 e. The molecule has 2 saturated heterocycles. The average molecular weight is 1080 g/mol. The molecule has 15 heteroatoms. The summed E-state index contributed by atoms with van der Waals surface area (Å²) in [6, 6.07) is 29.7. The number of halogens is 3. The van der Waals surface area contributed by atoms with Crippen molar-refractivity contribution in [1.29, 1.82) is 0 Å². The van der Waals surface area contributed by atoms with Crippen LogP contribution in [0, 0.1) is 24.7 Å². The second-order valence-corrected chi connectivity index (χ2v) is 24.2. The summed E-state index contributed by atoms with van der Waals surface area (Å²) in [5.74, 6) is 2.30. The smallest absolute Gasteiger partial charge is 0.410 e. The van der Waals surface area contributed by atoms with Gasteiger partial charge in [0.05, 0.1) is 11.9 Å². The Kier molecular flexibility index (Phi) is 15.9. The van der Waals surface area contributed by atoms with E-state index < -0.39 is 18.2 Å². The van der Waals surface area contributed by atoms with Crippen molar-refractivity contribution in [3.63, 3.8) is 0 Å². The van der Waals surface area contributed by atoms with Gasteiger partial charge in [-0.2, -0.15) is 23.3 Å². The molecule has 0 radical (unpaired) electrons. The second-order valence-electron chi connectivity index (χ2n) is 24.2. The molecular formula is C64H76F3N9O3. The number of ether oxygens (including phenoxy) is 1. The highest BCUT2D eigenvalue weighted by Gasteiger charge is 2.32. The Balaban J connectivity index is 0.658. The fraction of sp³-hybridized carbons (Fsp3) is 0.484. The Bertz CT molecular complexity index is 3240. The van der Waals surface area contributed by atoms with Crippen LogP contribution in [0.2, 0.25) is 0 Å². The average Bonchev–Trinajstić information content (AvgIpc) is 4.08. The summed E-state index contributed by atoms with van der Waals surface area (Å²) in [6.45, 7) is 13.7. The van der Waals surface area contributed by atoms with Crippen LogP contribution in [0.3, 0.4) is 0 Å². The van der Waals surface area contributed by atoms with Crippen LogP contribution in [0.1, 0.15) is 136 Å². The van der Waals surface area contributed by atoms with Gasteiger partial charge in [0, 0.05) is 92.3 Å². The van der Waals surface area contributed by atoms with Crippen molar-refractivity contribution in [2.24, 2.45) is 17.8 Å². The maximum absolute atomic E-state index is 13.9. The number of amides is 2. The predicted octanol–water partition coefficient (Wildman–Crippen LogP) is 14.4. The molecule has 0 unspecified atom stereocenters. The molecule has 4 aromatic carbocycles. The van der Waals surface area contributed by atoms with Gasteiger partial charge in [-0.05, 0) is 173 Å². The summed E-state index contributed by atoms with van der Waals surface area (Å²) >= 11 is 0. The zero-order valence-electron chi connectivity index (χ0n) is 46.4. The molecule has 0 spiro atoms. The normalized spacial score (nSPS) is 17.4. The van der Waals surface area contributed by atoms with Crippen molar-refractivity contribution in [3.05, 3.63) is 131 Å². The van der Waals surface area contributed by atoms with Gasteiger partial charge in [-0.25, -0.2) is 9.78 Å². The first-order valence-electron chi connectivity index (χ1n) is 29.0. The first kappa shape index (κ1) is 54.2. The number of rotatable bonds is 16. The molecule has 2 aliphatic heterocycles. The fourth-order valence-electron chi connectivity index (χ4n) is 12.4. The number of nitrogens with zero attached hydrogens (tertiary/aromatic N) is 8. The molecule has 5 heterocycles. The van der Waals surface area contributed by atoms with Gasteiger partial charge < -0.3 is 19.5 Å². The lowest BCUT2D eigenvalue weighted by Gasteiger charge is -2.40. The van der Waals surface area contributed by atoms with E-state index in [-0.39, 0.29) is 24.5 Å². The highest BCUT2D eigenvalue weighted by Crippen LogP contribution is 2.39. The number of benzene rings is 4. The van der Waals surface area contributed by atoms with Gasteiger partial charge in [-0.1, -0.05) is 79.9 Å². The topological polar surface area (TPSA) is 114 Å². The predicted molar refractivity (Wildman–Crippen MR) is 305 cm³/mol. The molecule has 2 saturated carbocycles. The molecule has 12 nitrogen and oxygen atoms in total. The van der Waals surface area contributed by atoms with Crippen LogP contribution in [0.25, 0.3) is 44.2 Å². The van der Waals surface area contributed by atoms with Crippen molar-refractivity contribution in [3.8, 4) is 22.3 Å². The fourth-order valence-corrected chi connectivity index (χ4v) is 12.4. The molecule has 4 aliphatic rings. The number of fused-ring (bicyclic) bond motifs is 2. The van der Waals surface area contributed by atoms with Crippen LogP contribution < -0.4 is 5.32 Å². The Morgan fingerprint density at radius 2 is 1.41 bits per heavy atom. The minimum absolute atomic E-state index is 0.0599. The van der Waals surface area contributed by atoms with Crippen LogP contribution >= 0.6 is 0 Å². The third kappa shape index (κ3) is 13.5. The lowest BCUT2D eigenvalue weighted by molar-refractivity contribution is -0.131. The molecule has 416 valence electrons. The largest absolute Gasteiger partial charge is 0.444 e. The quantitative estimate of drug-likeness (QED) is 0.102. The first-order valence-corrected chi connectivity index (χ1v) is 29.0. The molecule has 2 aliphatic carbocycles. The van der Waals surface area contributed by atoms with E-state index in [2.05, 4.69) is 104 Å². The van der Waals surface area contributed by atoms with E-state index in [1.165, 1.54) is 24.8 Å². The highest BCUT2D eigenvalue weighted by molar-refractivity contribution is 5.95. The zero-order chi connectivity index (χ0) is 54.8. The van der Waals surface area contributed by atoms with E-state index in [0.29, 0.717) is 36.5 Å². The zero-order valence-corrected chi connectivity index (χ0v) is 46.4. The van der Waals surface area contributed by atoms with Crippen LogP contribution in [-0.4, -0.2) is 95.5 Å². The van der Waals surface area contributed by atoms with Crippen molar-refractivity contribution in [2.45, 2.75) is 149 Å². The standard InChI is InChI=1S/C64H76F3N9O3/c1-43-34-47(16-22-55(43)52-21-23-58-53(35-52)41-75(71-58)40-46-10-11-46)39-74(62(78)79-63(2,3)4)38-45-14-19-51(20-15-45)60(77)73-32-26-49(27-33-73)48-24-30-72(31-25-48)37-44-12-17-50(18-13-44)57-42-76(54-8-6-5-7-9-54)59-56(57)36-69-61(70-59)68-29-28-64(65,66)67/h12-23,34-36,41-42,46,48-49,54H,5-11,24-33,37-40H2,1-4H3,(H,68,69,70). The highest BCUT2D eigenvalue weighted by atomic mass is 19.4. The summed E-state index contributed by atoms with van der Waals surface area (Å²) < 4.78 is 48.9. The van der Waals surface area contributed by atoms with Crippen LogP contribution in [-0.2, 0) is 30.9 Å². The Hall–Kier alpha value is -6.74. The third-order valence-corrected chi connectivity index (χ3v) is 16.9. The van der Waals surface area contributed by atoms with Gasteiger partial charge >= 0.3 is 12.3 Å². The minimum Gasteiger partial charge on any atom is -0.444 e. The van der Waals surface area contributed by atoms with E-state index in [4.69, 9.17) is 14.8 Å². The van der Waals surface area contributed by atoms with E-state index in [0.717, 1.165) is 157 Å². The molecule has 7 aromatic rings. The van der Waals surface area contributed by atoms with Gasteiger partial charge in [0.25, 0.3) is 5.91 Å². The van der Waals surface area contributed by atoms with Crippen molar-refractivity contribution in [2.75, 3.05) is 38.0 Å². The Labute approximate surface area is 462 Å². The van der Waals surface area contributed by atoms with Gasteiger partial charge in [0.1, 0.15) is 11.2 Å². The molecule has 0 atom stereocenters. The summed E-state index contributed by atoms with van der Waals surface area (Å²) in [5, 5.41) is 9.64. The number of carbonyl (C=O) groups is 2. The molecule has 11 rings (SSSR count). The SMILES string of the molecule is Cc1cc(CN(Cc2ccc(C(=O)N3CCC(C4CCN(Cc5ccc(-c6cn(C7CCCCC7)c7nc(NCCC(F)(F)F)ncc67)cc5)CC4)CC3)cc2)C(=O)OC(C)(C)C)ccc1-c1ccc2nn(CC3CC3)cc2c1. The van der Waals surface area contributed by atoms with Gasteiger partial charge in [-0.15, -0.1) is 0 Å². The lowest BCUT2D eigenvalue weighted by Crippen LogP contribution is -2.42. The minimum atomic E-state index is -4.24.